The molecular weight excluding hydrogens is 346 g/mol. The van der Waals surface area contributed by atoms with Crippen molar-refractivity contribution in [1.82, 2.24) is 4.90 Å². The summed E-state index contributed by atoms with van der Waals surface area (Å²) in [7, 11) is 2.26. The van der Waals surface area contributed by atoms with Crippen LogP contribution in [0.2, 0.25) is 0 Å². The molecule has 0 saturated carbocycles. The summed E-state index contributed by atoms with van der Waals surface area (Å²) in [6.45, 7) is 4.81. The maximum absolute atomic E-state index is 5.68. The van der Waals surface area contributed by atoms with Crippen LogP contribution in [0.1, 0.15) is 90.4 Å². The van der Waals surface area contributed by atoms with E-state index < -0.39 is 0 Å². The lowest BCUT2D eigenvalue weighted by molar-refractivity contribution is 0.316. The summed E-state index contributed by atoms with van der Waals surface area (Å²) in [5.74, 6) is 0.822. The molecule has 0 aromatic heterocycles. The summed E-state index contributed by atoms with van der Waals surface area (Å²) in [6.07, 6.45) is 18.1. The van der Waals surface area contributed by atoms with Gasteiger partial charge in [-0.1, -0.05) is 71.1 Å². The fraction of sp³-hybridized carbons (Fsp3) is 1.00. The van der Waals surface area contributed by atoms with Gasteiger partial charge in [0.25, 0.3) is 0 Å². The molecule has 0 saturated heterocycles. The highest BCUT2D eigenvalue weighted by Gasteiger charge is 1.98. The van der Waals surface area contributed by atoms with E-state index >= 15 is 0 Å². The molecule has 0 atom stereocenters. The quantitative estimate of drug-likeness (QED) is 0.208. The van der Waals surface area contributed by atoms with Gasteiger partial charge in [-0.15, -0.1) is 28.6 Å². The lowest BCUT2D eigenvalue weighted by atomic mass is 10.1. The molecule has 0 aliphatic heterocycles. The Hall–Kier alpha value is 0.730. The van der Waals surface area contributed by atoms with E-state index in [1.807, 2.05) is 0 Å². The molecule has 130 valence electrons. The number of hydrogen-bond acceptors (Lipinski definition) is 1. The molecule has 0 spiro atoms. The smallest absolute Gasteiger partial charge is 0.0223 e. The van der Waals surface area contributed by atoms with Crippen molar-refractivity contribution in [2.24, 2.45) is 0 Å². The van der Waals surface area contributed by atoms with Crippen LogP contribution in [0.4, 0.5) is 0 Å². The van der Waals surface area contributed by atoms with Crippen LogP contribution >= 0.6 is 28.6 Å². The van der Waals surface area contributed by atoms with E-state index in [0.717, 1.165) is 5.88 Å². The zero-order valence-electron chi connectivity index (χ0n) is 14.5. The molecule has 1 nitrogen and oxygen atoms in total. The van der Waals surface area contributed by atoms with Gasteiger partial charge in [-0.2, -0.15) is 0 Å². The van der Waals surface area contributed by atoms with E-state index in [1.165, 1.54) is 96.6 Å². The maximum atomic E-state index is 5.68. The minimum Gasteiger partial charge on any atom is -0.306 e. The second-order valence-electron chi connectivity index (χ2n) is 6.23. The normalized spacial score (nSPS) is 10.9. The molecule has 0 rings (SSSR count). The molecule has 3 heteroatoms. The highest BCUT2D eigenvalue weighted by Crippen LogP contribution is 2.10. The van der Waals surface area contributed by atoms with E-state index in [1.54, 1.807) is 0 Å². The van der Waals surface area contributed by atoms with E-state index in [0.29, 0.717) is 0 Å². The van der Waals surface area contributed by atoms with Gasteiger partial charge < -0.3 is 4.90 Å². The van der Waals surface area contributed by atoms with Crippen molar-refractivity contribution in [3.05, 3.63) is 0 Å². The number of halogens is 2. The lowest BCUT2D eigenvalue weighted by Crippen LogP contribution is -2.20. The average molecular weight is 385 g/mol. The first-order valence-corrected chi connectivity index (χ1v) is 9.59. The largest absolute Gasteiger partial charge is 0.306 e. The summed E-state index contributed by atoms with van der Waals surface area (Å²) < 4.78 is 0. The Balaban J connectivity index is 0. The highest BCUT2D eigenvalue weighted by atomic mass is 79.9. The molecule has 0 aliphatic carbocycles. The average Bonchev–Trinajstić information content (AvgIpc) is 2.45. The van der Waals surface area contributed by atoms with Crippen LogP contribution in [-0.4, -0.2) is 30.9 Å². The van der Waals surface area contributed by atoms with Crippen molar-refractivity contribution < 1.29 is 0 Å². The van der Waals surface area contributed by atoms with Crippen LogP contribution in [0, 0.1) is 0 Å². The Bertz CT molecular complexity index is 179. The van der Waals surface area contributed by atoms with Crippen LogP contribution in [0.15, 0.2) is 0 Å². The number of alkyl halides is 1. The highest BCUT2D eigenvalue weighted by molar-refractivity contribution is 8.93. The molecule has 0 aliphatic rings. The lowest BCUT2D eigenvalue weighted by Gasteiger charge is -2.16. The predicted molar refractivity (Wildman–Crippen MR) is 104 cm³/mol. The topological polar surface area (TPSA) is 3.24 Å². The molecule has 0 unspecified atom stereocenters. The van der Waals surface area contributed by atoms with Gasteiger partial charge in [-0.05, 0) is 39.4 Å². The Kier molecular flexibility index (Phi) is 23.7. The fourth-order valence-corrected chi connectivity index (χ4v) is 2.82. The van der Waals surface area contributed by atoms with Crippen molar-refractivity contribution in [1.29, 1.82) is 0 Å². The van der Waals surface area contributed by atoms with Crippen LogP contribution < -0.4 is 0 Å². The molecule has 0 bridgehead atoms. The zero-order valence-corrected chi connectivity index (χ0v) is 17.0. The number of rotatable bonds is 16. The second-order valence-corrected chi connectivity index (χ2v) is 6.61. The summed E-state index contributed by atoms with van der Waals surface area (Å²) in [4.78, 5) is 2.49. The van der Waals surface area contributed by atoms with Gasteiger partial charge in [-0.25, -0.2) is 0 Å². The van der Waals surface area contributed by atoms with Gasteiger partial charge in [0.1, 0.15) is 0 Å². The van der Waals surface area contributed by atoms with Crippen LogP contribution in [0.3, 0.4) is 0 Å². The first-order valence-electron chi connectivity index (χ1n) is 9.05. The molecular formula is C18H39BrClN. The summed E-state index contributed by atoms with van der Waals surface area (Å²) >= 11 is 5.68. The van der Waals surface area contributed by atoms with Crippen molar-refractivity contribution in [3.8, 4) is 0 Å². The van der Waals surface area contributed by atoms with Crippen molar-refractivity contribution in [2.45, 2.75) is 90.4 Å². The molecule has 0 N–H and O–H groups in total. The summed E-state index contributed by atoms with van der Waals surface area (Å²) in [6, 6.07) is 0. The predicted octanol–water partition coefficient (Wildman–Crippen LogP) is 6.83. The molecule has 0 aromatic rings. The van der Waals surface area contributed by atoms with Gasteiger partial charge in [0.15, 0.2) is 0 Å². The first kappa shape index (κ1) is 24.0. The Morgan fingerprint density at radius 2 is 1.00 bits per heavy atom. The minimum atomic E-state index is 0. The maximum Gasteiger partial charge on any atom is 0.0223 e. The SMILES string of the molecule is Br.CCCCCCCCCCCCN(C)CCCCCCl. The zero-order chi connectivity index (χ0) is 14.9. The fourth-order valence-electron chi connectivity index (χ4n) is 2.63. The van der Waals surface area contributed by atoms with Crippen molar-refractivity contribution in [2.75, 3.05) is 26.0 Å². The third-order valence-corrected chi connectivity index (χ3v) is 4.33. The third-order valence-electron chi connectivity index (χ3n) is 4.07. The number of hydrogen-bond donors (Lipinski definition) is 0. The molecule has 0 aromatic carbocycles. The van der Waals surface area contributed by atoms with Gasteiger partial charge in [0.05, 0.1) is 0 Å². The van der Waals surface area contributed by atoms with E-state index in [9.17, 15) is 0 Å². The summed E-state index contributed by atoms with van der Waals surface area (Å²) in [5.41, 5.74) is 0. The summed E-state index contributed by atoms with van der Waals surface area (Å²) in [5, 5.41) is 0. The van der Waals surface area contributed by atoms with Gasteiger partial charge in [-0.3, -0.25) is 0 Å². The van der Waals surface area contributed by atoms with Crippen molar-refractivity contribution >= 4 is 28.6 Å². The number of nitrogens with zero attached hydrogens (tertiary/aromatic N) is 1. The van der Waals surface area contributed by atoms with Crippen LogP contribution in [0.5, 0.6) is 0 Å². The van der Waals surface area contributed by atoms with Crippen LogP contribution in [-0.2, 0) is 0 Å². The molecule has 0 fully saturated rings. The monoisotopic (exact) mass is 383 g/mol. The van der Waals surface area contributed by atoms with Gasteiger partial charge >= 0.3 is 0 Å². The standard InChI is InChI=1S/C18H38ClN.BrH/c1-3-4-5-6-7-8-9-10-11-14-17-20(2)18-15-12-13-16-19;/h3-18H2,1-2H3;1H. The van der Waals surface area contributed by atoms with E-state index in [2.05, 4.69) is 18.9 Å². The molecule has 21 heavy (non-hydrogen) atoms. The Labute approximate surface area is 150 Å². The molecule has 0 heterocycles. The van der Waals surface area contributed by atoms with Crippen LogP contribution in [0.25, 0.3) is 0 Å². The third kappa shape index (κ3) is 20.7. The number of unbranched alkanes of at least 4 members (excludes halogenated alkanes) is 11. The minimum absolute atomic E-state index is 0. The second kappa shape index (κ2) is 20.7. The first-order chi connectivity index (χ1) is 9.81. The van der Waals surface area contributed by atoms with Crippen molar-refractivity contribution in [3.63, 3.8) is 0 Å². The van der Waals surface area contributed by atoms with Gasteiger partial charge in [0, 0.05) is 5.88 Å². The van der Waals surface area contributed by atoms with Gasteiger partial charge in [0.2, 0.25) is 0 Å². The molecule has 0 amide bonds. The Morgan fingerprint density at radius 3 is 1.43 bits per heavy atom. The Morgan fingerprint density at radius 1 is 0.619 bits per heavy atom. The van der Waals surface area contributed by atoms with E-state index in [4.69, 9.17) is 11.6 Å². The molecule has 0 radical (unpaired) electrons. The van der Waals surface area contributed by atoms with E-state index in [-0.39, 0.29) is 17.0 Å².